The molecule has 0 radical (unpaired) electrons. The van der Waals surface area contributed by atoms with Gasteiger partial charge in [0.2, 0.25) is 0 Å². The van der Waals surface area contributed by atoms with Gasteiger partial charge in [-0.1, -0.05) is 72.4 Å². The molecule has 0 unspecified atom stereocenters. The van der Waals surface area contributed by atoms with Crippen LogP contribution in [0.3, 0.4) is 0 Å². The molecule has 2 aromatic carbocycles. The number of nitriles is 1. The van der Waals surface area contributed by atoms with Crippen LogP contribution < -0.4 is 5.32 Å². The lowest BCUT2D eigenvalue weighted by molar-refractivity contribution is 0.727. The van der Waals surface area contributed by atoms with E-state index in [9.17, 15) is 0 Å². The van der Waals surface area contributed by atoms with Crippen molar-refractivity contribution in [2.75, 3.05) is 12.8 Å². The Morgan fingerprint density at radius 1 is 1.09 bits per heavy atom. The molecule has 3 nitrogen and oxygen atoms in total. The molecule has 0 saturated heterocycles. The van der Waals surface area contributed by atoms with Crippen LogP contribution in [-0.4, -0.2) is 18.0 Å². The van der Waals surface area contributed by atoms with Gasteiger partial charge in [0.05, 0.1) is 0 Å². The summed E-state index contributed by atoms with van der Waals surface area (Å²) in [4.78, 5) is 4.47. The number of hydrogen-bond acceptors (Lipinski definition) is 3. The van der Waals surface area contributed by atoms with Gasteiger partial charge in [0.1, 0.15) is 0 Å². The Bertz CT molecular complexity index is 593. The minimum atomic E-state index is 0.316. The molecule has 0 bridgehead atoms. The van der Waals surface area contributed by atoms with E-state index in [1.807, 2.05) is 24.6 Å². The summed E-state index contributed by atoms with van der Waals surface area (Å²) < 4.78 is 0. The molecule has 0 amide bonds. The first-order chi connectivity index (χ1) is 10.8. The highest BCUT2D eigenvalue weighted by Crippen LogP contribution is 2.27. The molecule has 0 aliphatic rings. The Hall–Kier alpha value is -2.25. The highest BCUT2D eigenvalue weighted by molar-refractivity contribution is 8.13. The van der Waals surface area contributed by atoms with Crippen LogP contribution in [0.5, 0.6) is 0 Å². The van der Waals surface area contributed by atoms with Crippen LogP contribution in [0.1, 0.15) is 23.5 Å². The maximum Gasteiger partial charge on any atom is 0.183 e. The molecule has 0 fully saturated rings. The Morgan fingerprint density at radius 2 is 1.64 bits per heavy atom. The monoisotopic (exact) mass is 309 g/mol. The Kier molecular flexibility index (Phi) is 6.53. The Labute approximate surface area is 136 Å². The zero-order valence-electron chi connectivity index (χ0n) is 12.6. The molecule has 0 saturated carbocycles. The summed E-state index contributed by atoms with van der Waals surface area (Å²) in [6, 6.07) is 21.0. The molecule has 0 heterocycles. The molecule has 0 aliphatic heterocycles. The maximum atomic E-state index is 8.68. The first kappa shape index (κ1) is 16.1. The number of amidine groups is 1. The normalized spacial score (nSPS) is 11.2. The third-order valence-corrected chi connectivity index (χ3v) is 4.05. The van der Waals surface area contributed by atoms with Crippen molar-refractivity contribution in [1.29, 1.82) is 5.26 Å². The van der Waals surface area contributed by atoms with Crippen molar-refractivity contribution in [2.45, 2.75) is 12.3 Å². The second-order valence-electron chi connectivity index (χ2n) is 4.79. The van der Waals surface area contributed by atoms with Gasteiger partial charge < -0.3 is 0 Å². The lowest BCUT2D eigenvalue weighted by Gasteiger charge is -2.17. The van der Waals surface area contributed by atoms with Gasteiger partial charge in [0.25, 0.3) is 0 Å². The molecule has 4 heteroatoms. The lowest BCUT2D eigenvalue weighted by Crippen LogP contribution is -2.14. The number of nitrogens with zero attached hydrogens (tertiary/aromatic N) is 2. The standard InChI is InChI=1S/C18H19N3S/c1-22-18(21-14-19)20-13-12-17(15-8-4-2-5-9-15)16-10-6-3-7-11-16/h2-11,17H,12-13H2,1H3,(H,20,21). The molecule has 0 atom stereocenters. The predicted octanol–water partition coefficient (Wildman–Crippen LogP) is 4.00. The van der Waals surface area contributed by atoms with Crippen LogP contribution in [0.15, 0.2) is 65.7 Å². The number of nitrogens with one attached hydrogen (secondary N) is 1. The fraction of sp³-hybridized carbons (Fsp3) is 0.222. The summed E-state index contributed by atoms with van der Waals surface area (Å²) in [6.45, 7) is 0.680. The minimum absolute atomic E-state index is 0.316. The molecule has 2 rings (SSSR count). The van der Waals surface area contributed by atoms with E-state index in [0.717, 1.165) is 6.42 Å². The number of thioether (sulfide) groups is 1. The summed E-state index contributed by atoms with van der Waals surface area (Å²) in [7, 11) is 0. The van der Waals surface area contributed by atoms with Crippen molar-refractivity contribution in [3.8, 4) is 6.19 Å². The zero-order chi connectivity index (χ0) is 15.6. The van der Waals surface area contributed by atoms with Crippen molar-refractivity contribution >= 4 is 16.9 Å². The van der Waals surface area contributed by atoms with Crippen molar-refractivity contribution in [3.63, 3.8) is 0 Å². The van der Waals surface area contributed by atoms with Crippen LogP contribution in [0.4, 0.5) is 0 Å². The van der Waals surface area contributed by atoms with Crippen molar-refractivity contribution in [3.05, 3.63) is 71.8 Å². The van der Waals surface area contributed by atoms with Crippen LogP contribution in [0.25, 0.3) is 0 Å². The van der Waals surface area contributed by atoms with Crippen LogP contribution in [0.2, 0.25) is 0 Å². The number of benzene rings is 2. The van der Waals surface area contributed by atoms with E-state index in [4.69, 9.17) is 5.26 Å². The first-order valence-corrected chi connectivity index (χ1v) is 8.41. The summed E-state index contributed by atoms with van der Waals surface area (Å²) >= 11 is 1.45. The molecule has 0 aromatic heterocycles. The molecule has 1 N–H and O–H groups in total. The highest BCUT2D eigenvalue weighted by atomic mass is 32.2. The predicted molar refractivity (Wildman–Crippen MR) is 93.9 cm³/mol. The molecular formula is C18H19N3S. The lowest BCUT2D eigenvalue weighted by atomic mass is 9.89. The van der Waals surface area contributed by atoms with Gasteiger partial charge in [-0.2, -0.15) is 5.26 Å². The summed E-state index contributed by atoms with van der Waals surface area (Å²) in [6.07, 6.45) is 4.74. The quantitative estimate of drug-likeness (QED) is 0.393. The first-order valence-electron chi connectivity index (χ1n) is 7.18. The molecule has 112 valence electrons. The maximum absolute atomic E-state index is 8.68. The second kappa shape index (κ2) is 8.91. The Morgan fingerprint density at radius 3 is 2.09 bits per heavy atom. The summed E-state index contributed by atoms with van der Waals surface area (Å²) in [5.74, 6) is 0.316. The van der Waals surface area contributed by atoms with E-state index in [1.165, 1.54) is 22.9 Å². The fourth-order valence-electron chi connectivity index (χ4n) is 2.39. The van der Waals surface area contributed by atoms with Gasteiger partial charge in [-0.15, -0.1) is 0 Å². The van der Waals surface area contributed by atoms with E-state index in [0.29, 0.717) is 17.6 Å². The molecule has 0 spiro atoms. The number of hydrogen-bond donors (Lipinski definition) is 1. The number of aliphatic imine (C=N–C) groups is 1. The topological polar surface area (TPSA) is 48.2 Å². The number of rotatable bonds is 5. The van der Waals surface area contributed by atoms with E-state index < -0.39 is 0 Å². The average Bonchev–Trinajstić information content (AvgIpc) is 2.59. The average molecular weight is 309 g/mol. The van der Waals surface area contributed by atoms with Crippen LogP contribution in [-0.2, 0) is 0 Å². The van der Waals surface area contributed by atoms with Crippen molar-refractivity contribution in [2.24, 2.45) is 4.99 Å². The van der Waals surface area contributed by atoms with E-state index in [2.05, 4.69) is 58.8 Å². The fourth-order valence-corrected chi connectivity index (χ4v) is 2.76. The summed E-state index contributed by atoms with van der Waals surface area (Å²) in [5, 5.41) is 11.9. The van der Waals surface area contributed by atoms with Gasteiger partial charge in [0, 0.05) is 12.5 Å². The molecule has 22 heavy (non-hydrogen) atoms. The molecular weight excluding hydrogens is 290 g/mol. The highest BCUT2D eigenvalue weighted by Gasteiger charge is 2.13. The van der Waals surface area contributed by atoms with E-state index >= 15 is 0 Å². The van der Waals surface area contributed by atoms with Crippen LogP contribution >= 0.6 is 11.8 Å². The van der Waals surface area contributed by atoms with Crippen molar-refractivity contribution in [1.82, 2.24) is 5.32 Å². The van der Waals surface area contributed by atoms with Crippen LogP contribution in [0, 0.1) is 11.5 Å². The molecule has 0 aliphatic carbocycles. The zero-order valence-corrected chi connectivity index (χ0v) is 13.4. The van der Waals surface area contributed by atoms with E-state index in [1.54, 1.807) is 0 Å². The largest absolute Gasteiger partial charge is 0.272 e. The molecule has 2 aromatic rings. The summed E-state index contributed by atoms with van der Waals surface area (Å²) in [5.41, 5.74) is 2.59. The van der Waals surface area contributed by atoms with E-state index in [-0.39, 0.29) is 0 Å². The van der Waals surface area contributed by atoms with Gasteiger partial charge in [0.15, 0.2) is 11.4 Å². The van der Waals surface area contributed by atoms with Gasteiger partial charge >= 0.3 is 0 Å². The van der Waals surface area contributed by atoms with Gasteiger partial charge in [-0.05, 0) is 23.8 Å². The third kappa shape index (κ3) is 4.64. The van der Waals surface area contributed by atoms with Crippen molar-refractivity contribution < 1.29 is 0 Å². The minimum Gasteiger partial charge on any atom is -0.272 e. The smallest absolute Gasteiger partial charge is 0.183 e. The van der Waals surface area contributed by atoms with Gasteiger partial charge in [-0.3, -0.25) is 10.3 Å². The SMILES string of the molecule is CSC(=NCCC(c1ccccc1)c1ccccc1)NC#N. The second-order valence-corrected chi connectivity index (χ2v) is 5.59. The van der Waals surface area contributed by atoms with Gasteiger partial charge in [-0.25, -0.2) is 0 Å². The Balaban J connectivity index is 2.15. The third-order valence-electron chi connectivity index (χ3n) is 3.43.